The van der Waals surface area contributed by atoms with Crippen molar-refractivity contribution in [1.29, 1.82) is 0 Å². The second kappa shape index (κ2) is 3.96. The Hall–Kier alpha value is -1.23. The van der Waals surface area contributed by atoms with E-state index in [-0.39, 0.29) is 18.1 Å². The Bertz CT molecular complexity index is 297. The maximum Gasteiger partial charge on any atom is 0.272 e. The summed E-state index contributed by atoms with van der Waals surface area (Å²) in [6.07, 6.45) is 1.78. The topological polar surface area (TPSA) is 78.9 Å². The Morgan fingerprint density at radius 3 is 3.08 bits per heavy atom. The lowest BCUT2D eigenvalue weighted by atomic mass is 10.1. The van der Waals surface area contributed by atoms with Crippen LogP contribution in [0.4, 0.5) is 0 Å². The Morgan fingerprint density at radius 1 is 1.75 bits per heavy atom. The van der Waals surface area contributed by atoms with Gasteiger partial charge in [0.05, 0.1) is 0 Å². The maximum atomic E-state index is 11.1. The van der Waals surface area contributed by atoms with Gasteiger partial charge < -0.3 is 10.1 Å². The average Bonchev–Trinajstić information content (AvgIpc) is 2.05. The van der Waals surface area contributed by atoms with Gasteiger partial charge in [-0.1, -0.05) is 6.92 Å². The first-order chi connectivity index (χ1) is 5.75. The molecule has 0 amide bonds. The van der Waals surface area contributed by atoms with E-state index in [1.54, 1.807) is 0 Å². The summed E-state index contributed by atoms with van der Waals surface area (Å²) in [6.45, 7) is 1.88. The number of aliphatic hydroxyl groups excluding tert-OH is 1. The number of hydrogen-bond donors (Lipinski definition) is 2. The third-order valence-corrected chi connectivity index (χ3v) is 1.68. The highest BCUT2D eigenvalue weighted by Gasteiger charge is 2.10. The van der Waals surface area contributed by atoms with E-state index in [0.29, 0.717) is 12.1 Å². The lowest BCUT2D eigenvalue weighted by Crippen LogP contribution is -2.18. The van der Waals surface area contributed by atoms with Crippen LogP contribution in [0.1, 0.15) is 25.0 Å². The number of rotatable bonds is 3. The van der Waals surface area contributed by atoms with Gasteiger partial charge in [0, 0.05) is 12.5 Å². The van der Waals surface area contributed by atoms with E-state index in [1.165, 1.54) is 6.33 Å². The summed E-state index contributed by atoms with van der Waals surface area (Å²) >= 11 is 0. The van der Waals surface area contributed by atoms with Crippen molar-refractivity contribution in [3.63, 3.8) is 0 Å². The van der Waals surface area contributed by atoms with Crippen molar-refractivity contribution in [2.75, 3.05) is 6.61 Å². The molecular weight excluding hydrogens is 158 g/mol. The lowest BCUT2D eigenvalue weighted by Gasteiger charge is -2.04. The lowest BCUT2D eigenvalue weighted by molar-refractivity contribution is 0.277. The van der Waals surface area contributed by atoms with Gasteiger partial charge in [-0.2, -0.15) is 0 Å². The molecule has 1 atom stereocenters. The third kappa shape index (κ3) is 1.88. The van der Waals surface area contributed by atoms with Gasteiger partial charge in [0.25, 0.3) is 5.56 Å². The number of nitrogens with zero attached hydrogens (tertiary/aromatic N) is 2. The highest BCUT2D eigenvalue weighted by molar-refractivity contribution is 4.99. The minimum atomic E-state index is -0.231. The number of aliphatic hydroxyl groups is 1. The van der Waals surface area contributed by atoms with E-state index in [1.807, 2.05) is 6.92 Å². The molecule has 0 radical (unpaired) electrons. The molecule has 5 heteroatoms. The number of hydrogen-bond acceptors (Lipinski definition) is 4. The summed E-state index contributed by atoms with van der Waals surface area (Å²) in [5.74, 6) is -0.0487. The average molecular weight is 169 g/mol. The van der Waals surface area contributed by atoms with Crippen LogP contribution < -0.4 is 5.56 Å². The Labute approximate surface area is 69.5 Å². The largest absolute Gasteiger partial charge is 0.396 e. The minimum Gasteiger partial charge on any atom is -0.396 e. The van der Waals surface area contributed by atoms with Crippen LogP contribution in [0.2, 0.25) is 0 Å². The van der Waals surface area contributed by atoms with Gasteiger partial charge in [0.2, 0.25) is 0 Å². The van der Waals surface area contributed by atoms with Gasteiger partial charge >= 0.3 is 0 Å². The third-order valence-electron chi connectivity index (χ3n) is 1.68. The van der Waals surface area contributed by atoms with E-state index in [0.717, 1.165) is 0 Å². The summed E-state index contributed by atoms with van der Waals surface area (Å²) < 4.78 is 0. The van der Waals surface area contributed by atoms with Crippen molar-refractivity contribution in [1.82, 2.24) is 15.2 Å². The number of aromatic amines is 1. The van der Waals surface area contributed by atoms with E-state index in [4.69, 9.17) is 5.11 Å². The Morgan fingerprint density at radius 2 is 2.50 bits per heavy atom. The van der Waals surface area contributed by atoms with Gasteiger partial charge in [0.1, 0.15) is 12.0 Å². The molecule has 0 aliphatic rings. The first kappa shape index (κ1) is 8.86. The predicted octanol–water partition coefficient (Wildman–Crippen LogP) is -0.349. The van der Waals surface area contributed by atoms with Crippen molar-refractivity contribution in [2.24, 2.45) is 0 Å². The van der Waals surface area contributed by atoms with Crippen molar-refractivity contribution in [2.45, 2.75) is 19.3 Å². The van der Waals surface area contributed by atoms with Crippen LogP contribution in [0.3, 0.4) is 0 Å². The minimum absolute atomic E-state index is 0.0487. The summed E-state index contributed by atoms with van der Waals surface area (Å²) in [7, 11) is 0. The van der Waals surface area contributed by atoms with Crippen LogP contribution >= 0.6 is 0 Å². The van der Waals surface area contributed by atoms with Crippen molar-refractivity contribution < 1.29 is 5.11 Å². The van der Waals surface area contributed by atoms with Crippen LogP contribution in [0.5, 0.6) is 0 Å². The number of H-pyrrole nitrogens is 1. The van der Waals surface area contributed by atoms with Crippen LogP contribution in [-0.2, 0) is 0 Å². The molecule has 1 heterocycles. The van der Waals surface area contributed by atoms with Crippen molar-refractivity contribution in [3.8, 4) is 0 Å². The molecular formula is C7H11N3O2. The summed E-state index contributed by atoms with van der Waals surface area (Å²) in [5.41, 5.74) is 0.150. The molecule has 1 aromatic rings. The normalized spacial score (nSPS) is 12.8. The molecule has 0 bridgehead atoms. The van der Waals surface area contributed by atoms with Gasteiger partial charge in [-0.15, -0.1) is 10.2 Å². The monoisotopic (exact) mass is 169 g/mol. The molecule has 0 saturated heterocycles. The van der Waals surface area contributed by atoms with Gasteiger partial charge in [-0.05, 0) is 6.42 Å². The zero-order chi connectivity index (χ0) is 8.97. The van der Waals surface area contributed by atoms with Crippen LogP contribution in [0.25, 0.3) is 0 Å². The molecule has 0 spiro atoms. The van der Waals surface area contributed by atoms with E-state index in [9.17, 15) is 4.79 Å². The SMILES string of the molecule is CC(CCO)c1nnc[nH]c1=O. The van der Waals surface area contributed by atoms with Crippen molar-refractivity contribution in [3.05, 3.63) is 22.4 Å². The van der Waals surface area contributed by atoms with Crippen LogP contribution in [-0.4, -0.2) is 26.9 Å². The second-order valence-corrected chi connectivity index (χ2v) is 2.62. The van der Waals surface area contributed by atoms with E-state index < -0.39 is 0 Å². The molecule has 0 fully saturated rings. The van der Waals surface area contributed by atoms with Gasteiger partial charge in [-0.3, -0.25) is 4.79 Å². The van der Waals surface area contributed by atoms with Gasteiger partial charge in [0.15, 0.2) is 0 Å². The first-order valence-electron chi connectivity index (χ1n) is 3.77. The molecule has 12 heavy (non-hydrogen) atoms. The molecule has 5 nitrogen and oxygen atoms in total. The van der Waals surface area contributed by atoms with Crippen molar-refractivity contribution >= 4 is 0 Å². The fourth-order valence-corrected chi connectivity index (χ4v) is 0.951. The number of nitrogens with one attached hydrogen (secondary N) is 1. The molecule has 1 aromatic heterocycles. The predicted molar refractivity (Wildman–Crippen MR) is 42.8 cm³/mol. The Balaban J connectivity index is 2.87. The molecule has 66 valence electrons. The van der Waals surface area contributed by atoms with E-state index in [2.05, 4.69) is 15.2 Å². The first-order valence-corrected chi connectivity index (χ1v) is 3.77. The second-order valence-electron chi connectivity index (χ2n) is 2.62. The fourth-order valence-electron chi connectivity index (χ4n) is 0.951. The standard InChI is InChI=1S/C7H11N3O2/c1-5(2-3-11)6-7(12)8-4-9-10-6/h4-5,11H,2-3H2,1H3,(H,8,9,12). The Kier molecular flexibility index (Phi) is 2.93. The quantitative estimate of drug-likeness (QED) is 0.648. The molecule has 0 aromatic carbocycles. The molecule has 0 aliphatic heterocycles. The molecule has 0 aliphatic carbocycles. The number of aromatic nitrogens is 3. The molecule has 1 unspecified atom stereocenters. The van der Waals surface area contributed by atoms with Crippen LogP contribution in [0.15, 0.2) is 11.1 Å². The highest BCUT2D eigenvalue weighted by Crippen LogP contribution is 2.10. The summed E-state index contributed by atoms with van der Waals surface area (Å²) in [6, 6.07) is 0. The maximum absolute atomic E-state index is 11.1. The summed E-state index contributed by atoms with van der Waals surface area (Å²) in [5, 5.41) is 15.9. The molecule has 0 saturated carbocycles. The van der Waals surface area contributed by atoms with E-state index >= 15 is 0 Å². The fraction of sp³-hybridized carbons (Fsp3) is 0.571. The zero-order valence-corrected chi connectivity index (χ0v) is 6.82. The van der Waals surface area contributed by atoms with Gasteiger partial charge in [-0.25, -0.2) is 0 Å². The highest BCUT2D eigenvalue weighted by atomic mass is 16.3. The molecule has 1 rings (SSSR count). The van der Waals surface area contributed by atoms with Crippen LogP contribution in [0, 0.1) is 0 Å². The smallest absolute Gasteiger partial charge is 0.272 e. The zero-order valence-electron chi connectivity index (χ0n) is 6.82. The summed E-state index contributed by atoms with van der Waals surface area (Å²) in [4.78, 5) is 13.5. The molecule has 2 N–H and O–H groups in total.